The van der Waals surface area contributed by atoms with Gasteiger partial charge in [-0.2, -0.15) is 5.10 Å². The van der Waals surface area contributed by atoms with Crippen molar-refractivity contribution in [1.82, 2.24) is 19.7 Å². The van der Waals surface area contributed by atoms with Gasteiger partial charge < -0.3 is 5.73 Å². The third-order valence-corrected chi connectivity index (χ3v) is 4.19. The second-order valence-corrected chi connectivity index (χ2v) is 7.03. The molecule has 0 saturated carbocycles. The Labute approximate surface area is 136 Å². The lowest BCUT2D eigenvalue weighted by Gasteiger charge is -2.19. The van der Waals surface area contributed by atoms with E-state index in [0.29, 0.717) is 5.82 Å². The molecule has 3 rings (SSSR count). The first-order valence-electron chi connectivity index (χ1n) is 7.82. The summed E-state index contributed by atoms with van der Waals surface area (Å²) in [6.07, 6.45) is 2.24. The molecule has 0 radical (unpaired) electrons. The van der Waals surface area contributed by atoms with Gasteiger partial charge in [0.15, 0.2) is 5.65 Å². The maximum atomic E-state index is 6.14. The SMILES string of the molecule is Cc1cccc(C)c1Cc1nn(C(C)(C)C)c2ncnc(N)c12. The van der Waals surface area contributed by atoms with E-state index >= 15 is 0 Å². The molecule has 5 nitrogen and oxygen atoms in total. The van der Waals surface area contributed by atoms with Crippen molar-refractivity contribution >= 4 is 16.9 Å². The van der Waals surface area contributed by atoms with Gasteiger partial charge in [0.1, 0.15) is 12.1 Å². The highest BCUT2D eigenvalue weighted by Gasteiger charge is 2.23. The minimum absolute atomic E-state index is 0.169. The number of aromatic nitrogens is 4. The van der Waals surface area contributed by atoms with Crippen molar-refractivity contribution in [3.05, 3.63) is 46.9 Å². The van der Waals surface area contributed by atoms with E-state index in [9.17, 15) is 0 Å². The molecule has 120 valence electrons. The van der Waals surface area contributed by atoms with Gasteiger partial charge in [-0.15, -0.1) is 0 Å². The Hall–Kier alpha value is -2.43. The van der Waals surface area contributed by atoms with Crippen LogP contribution in [0.3, 0.4) is 0 Å². The normalized spacial score (nSPS) is 12.0. The first-order valence-corrected chi connectivity index (χ1v) is 7.82. The van der Waals surface area contributed by atoms with Crippen molar-refractivity contribution in [3.63, 3.8) is 0 Å². The monoisotopic (exact) mass is 309 g/mol. The van der Waals surface area contributed by atoms with Crippen LogP contribution in [0, 0.1) is 13.8 Å². The maximum Gasteiger partial charge on any atom is 0.164 e. The zero-order chi connectivity index (χ0) is 16.8. The topological polar surface area (TPSA) is 69.6 Å². The summed E-state index contributed by atoms with van der Waals surface area (Å²) in [4.78, 5) is 8.59. The molecule has 0 fully saturated rings. The standard InChI is InChI=1S/C18H23N5/c1-11-7-6-8-12(2)13(11)9-14-15-16(19)20-10-21-17(15)23(22-14)18(3,4)5/h6-8,10H,9H2,1-5H3,(H2,19,20,21). The van der Waals surface area contributed by atoms with Gasteiger partial charge in [0.25, 0.3) is 0 Å². The van der Waals surface area contributed by atoms with E-state index in [1.807, 2.05) is 4.68 Å². The van der Waals surface area contributed by atoms with Crippen LogP contribution in [0.15, 0.2) is 24.5 Å². The Morgan fingerprint density at radius 3 is 2.35 bits per heavy atom. The van der Waals surface area contributed by atoms with Gasteiger partial charge >= 0.3 is 0 Å². The minimum atomic E-state index is -0.169. The molecule has 0 spiro atoms. The second-order valence-electron chi connectivity index (χ2n) is 7.03. The van der Waals surface area contributed by atoms with Gasteiger partial charge in [-0.05, 0) is 51.3 Å². The van der Waals surface area contributed by atoms with Crippen molar-refractivity contribution in [2.24, 2.45) is 0 Å². The van der Waals surface area contributed by atoms with Crippen LogP contribution in [0.2, 0.25) is 0 Å². The molecular formula is C18H23N5. The predicted molar refractivity (Wildman–Crippen MR) is 93.5 cm³/mol. The molecule has 0 bridgehead atoms. The molecule has 2 N–H and O–H groups in total. The summed E-state index contributed by atoms with van der Waals surface area (Å²) in [6, 6.07) is 6.34. The summed E-state index contributed by atoms with van der Waals surface area (Å²) >= 11 is 0. The third-order valence-electron chi connectivity index (χ3n) is 4.19. The van der Waals surface area contributed by atoms with E-state index in [1.54, 1.807) is 0 Å². The molecule has 0 amide bonds. The van der Waals surface area contributed by atoms with Crippen LogP contribution in [0.4, 0.5) is 5.82 Å². The zero-order valence-corrected chi connectivity index (χ0v) is 14.4. The molecular weight excluding hydrogens is 286 g/mol. The van der Waals surface area contributed by atoms with Gasteiger partial charge in [-0.1, -0.05) is 18.2 Å². The molecule has 23 heavy (non-hydrogen) atoms. The number of rotatable bonds is 2. The van der Waals surface area contributed by atoms with Crippen LogP contribution in [0.5, 0.6) is 0 Å². The average Bonchev–Trinajstić information content (AvgIpc) is 2.83. The van der Waals surface area contributed by atoms with Crippen molar-refractivity contribution in [2.75, 3.05) is 5.73 Å². The number of hydrogen-bond donors (Lipinski definition) is 1. The van der Waals surface area contributed by atoms with Crippen LogP contribution in [0.25, 0.3) is 11.0 Å². The number of hydrogen-bond acceptors (Lipinski definition) is 4. The summed E-state index contributed by atoms with van der Waals surface area (Å²) in [7, 11) is 0. The Balaban J connectivity index is 2.22. The molecule has 0 saturated heterocycles. The predicted octanol–water partition coefficient (Wildman–Crippen LogP) is 3.37. The van der Waals surface area contributed by atoms with E-state index in [0.717, 1.165) is 23.1 Å². The summed E-state index contributed by atoms with van der Waals surface area (Å²) < 4.78 is 1.95. The lowest BCUT2D eigenvalue weighted by molar-refractivity contribution is 0.363. The van der Waals surface area contributed by atoms with Gasteiger partial charge in [0.05, 0.1) is 16.6 Å². The highest BCUT2D eigenvalue weighted by atomic mass is 15.3. The Morgan fingerprint density at radius 1 is 1.09 bits per heavy atom. The van der Waals surface area contributed by atoms with Crippen LogP contribution < -0.4 is 5.73 Å². The Morgan fingerprint density at radius 2 is 1.74 bits per heavy atom. The van der Waals surface area contributed by atoms with Gasteiger partial charge in [0, 0.05) is 6.42 Å². The van der Waals surface area contributed by atoms with Gasteiger partial charge in [0.2, 0.25) is 0 Å². The molecule has 0 aliphatic heterocycles. The highest BCUT2D eigenvalue weighted by molar-refractivity contribution is 5.88. The smallest absolute Gasteiger partial charge is 0.164 e. The first kappa shape index (κ1) is 15.5. The van der Waals surface area contributed by atoms with Crippen molar-refractivity contribution in [3.8, 4) is 0 Å². The van der Waals surface area contributed by atoms with Gasteiger partial charge in [-0.25, -0.2) is 14.6 Å². The fourth-order valence-corrected chi connectivity index (χ4v) is 2.93. The molecule has 1 aromatic carbocycles. The number of aryl methyl sites for hydroxylation is 2. The van der Waals surface area contributed by atoms with Crippen molar-refractivity contribution < 1.29 is 0 Å². The first-order chi connectivity index (χ1) is 10.8. The molecule has 0 unspecified atom stereocenters. The van der Waals surface area contributed by atoms with Gasteiger partial charge in [-0.3, -0.25) is 0 Å². The minimum Gasteiger partial charge on any atom is -0.383 e. The van der Waals surface area contributed by atoms with E-state index in [1.165, 1.54) is 23.0 Å². The van der Waals surface area contributed by atoms with E-state index < -0.39 is 0 Å². The summed E-state index contributed by atoms with van der Waals surface area (Å²) in [5, 5.41) is 5.70. The summed E-state index contributed by atoms with van der Waals surface area (Å²) in [5.74, 6) is 0.492. The van der Waals surface area contributed by atoms with Crippen LogP contribution in [-0.4, -0.2) is 19.7 Å². The average molecular weight is 309 g/mol. The number of nitrogens with zero attached hydrogens (tertiary/aromatic N) is 4. The number of fused-ring (bicyclic) bond motifs is 1. The molecule has 0 aliphatic carbocycles. The second kappa shape index (κ2) is 5.33. The van der Waals surface area contributed by atoms with Crippen molar-refractivity contribution in [2.45, 2.75) is 46.6 Å². The molecule has 2 aromatic heterocycles. The molecule has 5 heteroatoms. The molecule has 0 atom stereocenters. The van der Waals surface area contributed by atoms with Crippen LogP contribution in [-0.2, 0) is 12.0 Å². The lowest BCUT2D eigenvalue weighted by atomic mass is 9.98. The largest absolute Gasteiger partial charge is 0.383 e. The number of anilines is 1. The van der Waals surface area contributed by atoms with Crippen LogP contribution in [0.1, 0.15) is 43.2 Å². The van der Waals surface area contributed by atoms with Crippen molar-refractivity contribution in [1.29, 1.82) is 0 Å². The summed E-state index contributed by atoms with van der Waals surface area (Å²) in [6.45, 7) is 10.6. The lowest BCUT2D eigenvalue weighted by Crippen LogP contribution is -2.23. The maximum absolute atomic E-state index is 6.14. The number of benzene rings is 1. The Bertz CT molecular complexity index is 851. The molecule has 0 aliphatic rings. The van der Waals surface area contributed by atoms with E-state index in [4.69, 9.17) is 10.8 Å². The number of nitrogens with two attached hydrogens (primary N) is 1. The zero-order valence-electron chi connectivity index (χ0n) is 14.4. The van der Waals surface area contributed by atoms with E-state index in [-0.39, 0.29) is 5.54 Å². The van der Waals surface area contributed by atoms with E-state index in [2.05, 4.69) is 62.8 Å². The highest BCUT2D eigenvalue weighted by Crippen LogP contribution is 2.29. The molecule has 3 aromatic rings. The fraction of sp³-hybridized carbons (Fsp3) is 0.389. The number of nitrogen functional groups attached to an aromatic ring is 1. The molecule has 2 heterocycles. The third kappa shape index (κ3) is 2.67. The Kier molecular flexibility index (Phi) is 3.59. The quantitative estimate of drug-likeness (QED) is 0.788. The van der Waals surface area contributed by atoms with Crippen LogP contribution >= 0.6 is 0 Å². The fourth-order valence-electron chi connectivity index (χ4n) is 2.93. The summed E-state index contributed by atoms with van der Waals surface area (Å²) in [5.41, 5.74) is 11.5.